The van der Waals surface area contributed by atoms with Crippen LogP contribution in [0.4, 0.5) is 6.01 Å². The maximum absolute atomic E-state index is 12.3. The molecule has 1 saturated carbocycles. The molecule has 1 heterocycles. The van der Waals surface area contributed by atoms with Gasteiger partial charge in [0.05, 0.1) is 12.4 Å². The van der Waals surface area contributed by atoms with Crippen LogP contribution in [0.5, 0.6) is 0 Å². The molecular weight excluding hydrogens is 454 g/mol. The molecule has 0 radical (unpaired) electrons. The van der Waals surface area contributed by atoms with E-state index in [0.717, 1.165) is 43.9 Å². The second-order valence-electron chi connectivity index (χ2n) is 8.37. The minimum absolute atomic E-state index is 0.0559. The van der Waals surface area contributed by atoms with Gasteiger partial charge in [-0.15, -0.1) is 0 Å². The van der Waals surface area contributed by atoms with Gasteiger partial charge in [-0.3, -0.25) is 4.79 Å². The molecule has 1 aromatic heterocycles. The lowest BCUT2D eigenvalue weighted by molar-refractivity contribution is 0.0662. The molecule has 2 unspecified atom stereocenters. The van der Waals surface area contributed by atoms with Gasteiger partial charge in [-0.05, 0) is 56.2 Å². The number of halogens is 1. The summed E-state index contributed by atoms with van der Waals surface area (Å²) >= 11 is 5.98. The van der Waals surface area contributed by atoms with Gasteiger partial charge in [-0.25, -0.2) is 13.1 Å². The third kappa shape index (κ3) is 6.95. The van der Waals surface area contributed by atoms with Crippen LogP contribution in [0, 0.1) is 12.8 Å². The highest BCUT2D eigenvalue weighted by Gasteiger charge is 2.26. The molecule has 0 spiro atoms. The molecule has 3 rings (SSSR count). The van der Waals surface area contributed by atoms with Gasteiger partial charge in [0.2, 0.25) is 10.0 Å². The largest absolute Gasteiger partial charge is 0.428 e. The van der Waals surface area contributed by atoms with Crippen molar-refractivity contribution in [3.05, 3.63) is 46.3 Å². The third-order valence-corrected chi connectivity index (χ3v) is 6.58. The summed E-state index contributed by atoms with van der Waals surface area (Å²) in [5.74, 6) is -0.360. The van der Waals surface area contributed by atoms with Crippen LogP contribution >= 0.6 is 11.6 Å². The lowest BCUT2D eigenvalue weighted by Crippen LogP contribution is -2.33. The molecule has 2 N–H and O–H groups in total. The fourth-order valence-corrected chi connectivity index (χ4v) is 4.57. The average molecular weight is 484 g/mol. The first-order valence-corrected chi connectivity index (χ1v) is 13.1. The highest BCUT2D eigenvalue weighted by atomic mass is 35.5. The van der Waals surface area contributed by atoms with Gasteiger partial charge < -0.3 is 14.4 Å². The van der Waals surface area contributed by atoms with Gasteiger partial charge >= 0.3 is 0 Å². The number of hydrogen-bond acceptors (Lipinski definition) is 7. The van der Waals surface area contributed by atoms with Gasteiger partial charge in [0.15, 0.2) is 5.69 Å². The first-order chi connectivity index (χ1) is 15.1. The Morgan fingerprint density at radius 3 is 2.59 bits per heavy atom. The van der Waals surface area contributed by atoms with E-state index in [0.29, 0.717) is 24.5 Å². The van der Waals surface area contributed by atoms with E-state index in [4.69, 9.17) is 16.0 Å². The molecule has 2 atom stereocenters. The number of aromatic nitrogens is 1. The third-order valence-electron chi connectivity index (χ3n) is 5.77. The van der Waals surface area contributed by atoms with Crippen LogP contribution in [0.1, 0.15) is 53.9 Å². The number of aliphatic hydroxyl groups is 1. The molecule has 1 aliphatic carbocycles. The minimum atomic E-state index is -3.71. The van der Waals surface area contributed by atoms with E-state index in [2.05, 4.69) is 4.98 Å². The molecule has 1 amide bonds. The van der Waals surface area contributed by atoms with Crippen LogP contribution in [-0.2, 0) is 16.4 Å². The Hall–Kier alpha value is -2.10. The van der Waals surface area contributed by atoms with Crippen LogP contribution in [0.3, 0.4) is 0 Å². The Labute approximate surface area is 194 Å². The van der Waals surface area contributed by atoms with E-state index in [1.807, 2.05) is 33.9 Å². The maximum atomic E-state index is 12.3. The number of nitrogens with zero attached hydrogens (tertiary/aromatic N) is 2. The zero-order valence-corrected chi connectivity index (χ0v) is 20.0. The van der Waals surface area contributed by atoms with Gasteiger partial charge in [-0.2, -0.15) is 4.98 Å². The van der Waals surface area contributed by atoms with Crippen molar-refractivity contribution in [2.45, 2.75) is 51.6 Å². The predicted molar refractivity (Wildman–Crippen MR) is 124 cm³/mol. The summed E-state index contributed by atoms with van der Waals surface area (Å²) in [4.78, 5) is 18.5. The maximum Gasteiger partial charge on any atom is 0.298 e. The normalized spacial score (nSPS) is 19.0. The lowest BCUT2D eigenvalue weighted by Gasteiger charge is -2.30. The van der Waals surface area contributed by atoms with E-state index in [9.17, 15) is 18.3 Å². The van der Waals surface area contributed by atoms with Crippen LogP contribution in [-0.4, -0.2) is 49.9 Å². The number of benzene rings is 1. The number of carbonyl (C=O) groups is 1. The molecule has 32 heavy (non-hydrogen) atoms. The summed E-state index contributed by atoms with van der Waals surface area (Å²) in [5.41, 5.74) is 1.04. The summed E-state index contributed by atoms with van der Waals surface area (Å²) in [6.07, 6.45) is 6.06. The summed E-state index contributed by atoms with van der Waals surface area (Å²) in [6.45, 7) is 2.76. The van der Waals surface area contributed by atoms with Crippen molar-refractivity contribution >= 4 is 33.5 Å². The van der Waals surface area contributed by atoms with Crippen molar-refractivity contribution in [2.75, 3.05) is 24.2 Å². The minimum Gasteiger partial charge on any atom is -0.428 e. The fraction of sp³-hybridized carbons (Fsp3) is 0.545. The average Bonchev–Trinajstić information content (AvgIpc) is 3.11. The monoisotopic (exact) mass is 483 g/mol. The number of nitrogens with one attached hydrogen (secondary N) is 1. The molecule has 0 bridgehead atoms. The van der Waals surface area contributed by atoms with Crippen molar-refractivity contribution in [1.82, 2.24) is 9.71 Å². The molecule has 1 aromatic carbocycles. The molecule has 10 heteroatoms. The SMILES string of the molecule is Cc1oc(N(CCc2ccc(Cl)cc2)CCC2CCCCC2O)nc1C(=O)NS(C)(=O)=O. The van der Waals surface area contributed by atoms with Gasteiger partial charge in [0, 0.05) is 18.1 Å². The van der Waals surface area contributed by atoms with Crippen LogP contribution in [0.2, 0.25) is 5.02 Å². The van der Waals surface area contributed by atoms with Crippen molar-refractivity contribution < 1.29 is 22.7 Å². The van der Waals surface area contributed by atoms with E-state index < -0.39 is 15.9 Å². The highest BCUT2D eigenvalue weighted by molar-refractivity contribution is 7.89. The summed E-state index contributed by atoms with van der Waals surface area (Å²) in [6, 6.07) is 7.85. The number of anilines is 1. The Bertz CT molecular complexity index is 1020. The molecular formula is C22H30ClN3O5S. The highest BCUT2D eigenvalue weighted by Crippen LogP contribution is 2.28. The Kier molecular flexibility index (Phi) is 8.19. The Balaban J connectivity index is 1.76. The van der Waals surface area contributed by atoms with Crippen molar-refractivity contribution in [1.29, 1.82) is 0 Å². The van der Waals surface area contributed by atoms with Crippen molar-refractivity contribution in [2.24, 2.45) is 5.92 Å². The first-order valence-electron chi connectivity index (χ1n) is 10.8. The number of oxazole rings is 1. The lowest BCUT2D eigenvalue weighted by atomic mass is 9.84. The van der Waals surface area contributed by atoms with Crippen molar-refractivity contribution in [3.63, 3.8) is 0 Å². The first kappa shape index (κ1) is 24.5. The van der Waals surface area contributed by atoms with Gasteiger partial charge in [0.25, 0.3) is 11.9 Å². The number of aliphatic hydroxyl groups excluding tert-OH is 1. The predicted octanol–water partition coefficient (Wildman–Crippen LogP) is 3.32. The number of rotatable bonds is 9. The number of sulfonamides is 1. The number of aryl methyl sites for hydroxylation is 1. The van der Waals surface area contributed by atoms with E-state index in [1.54, 1.807) is 6.92 Å². The second kappa shape index (κ2) is 10.7. The molecule has 1 fully saturated rings. The second-order valence-corrected chi connectivity index (χ2v) is 10.6. The molecule has 0 aliphatic heterocycles. The smallest absolute Gasteiger partial charge is 0.298 e. The molecule has 1 aliphatic rings. The summed E-state index contributed by atoms with van der Waals surface area (Å²) in [7, 11) is -3.71. The van der Waals surface area contributed by atoms with E-state index in [-0.39, 0.29) is 29.5 Å². The molecule has 2 aromatic rings. The summed E-state index contributed by atoms with van der Waals surface area (Å²) in [5, 5.41) is 11.0. The van der Waals surface area contributed by atoms with E-state index in [1.165, 1.54) is 0 Å². The van der Waals surface area contributed by atoms with E-state index >= 15 is 0 Å². The molecule has 0 saturated heterocycles. The van der Waals surface area contributed by atoms with Crippen molar-refractivity contribution in [3.8, 4) is 0 Å². The molecule has 176 valence electrons. The topological polar surface area (TPSA) is 113 Å². The van der Waals surface area contributed by atoms with Crippen LogP contribution in [0.25, 0.3) is 0 Å². The quantitative estimate of drug-likeness (QED) is 0.562. The van der Waals surface area contributed by atoms with Gasteiger partial charge in [0.1, 0.15) is 5.76 Å². The van der Waals surface area contributed by atoms with Gasteiger partial charge in [-0.1, -0.05) is 36.6 Å². The fourth-order valence-electron chi connectivity index (χ4n) is 4.01. The zero-order chi connectivity index (χ0) is 23.3. The molecule has 8 nitrogen and oxygen atoms in total. The van der Waals surface area contributed by atoms with Crippen LogP contribution in [0.15, 0.2) is 28.7 Å². The summed E-state index contributed by atoms with van der Waals surface area (Å²) < 4.78 is 30.5. The number of amides is 1. The Morgan fingerprint density at radius 2 is 1.94 bits per heavy atom. The number of hydrogen-bond donors (Lipinski definition) is 2. The number of carbonyl (C=O) groups excluding carboxylic acids is 1. The zero-order valence-electron chi connectivity index (χ0n) is 18.4. The Morgan fingerprint density at radius 1 is 1.25 bits per heavy atom. The standard InChI is InChI=1S/C22H30ClN3O5S/c1-15-20(21(28)25-32(2,29)30)24-22(31-15)26(13-11-16-7-9-18(23)10-8-16)14-12-17-5-3-4-6-19(17)27/h7-10,17,19,27H,3-6,11-14H2,1-2H3,(H,25,28). The van der Waals surface area contributed by atoms with Crippen LogP contribution < -0.4 is 9.62 Å².